The van der Waals surface area contributed by atoms with Crippen LogP contribution in [-0.2, 0) is 0 Å². The minimum atomic E-state index is -0.439. The Morgan fingerprint density at radius 2 is 1.97 bits per heavy atom. The predicted octanol–water partition coefficient (Wildman–Crippen LogP) is 6.79. The van der Waals surface area contributed by atoms with Crippen molar-refractivity contribution in [2.75, 3.05) is 7.11 Å². The van der Waals surface area contributed by atoms with Crippen LogP contribution in [0.15, 0.2) is 60.9 Å². The fraction of sp³-hybridized carbons (Fsp3) is 0.130. The number of amides is 1. The molecule has 4 rings (SSSR count). The summed E-state index contributed by atoms with van der Waals surface area (Å²) in [5.41, 5.74) is 6.71. The Morgan fingerprint density at radius 1 is 1.19 bits per heavy atom. The maximum atomic E-state index is 12.5. The number of ether oxygens (including phenoxy) is 1. The number of aromatic nitrogens is 1. The second kappa shape index (κ2) is 9.13. The Morgan fingerprint density at radius 3 is 2.72 bits per heavy atom. The van der Waals surface area contributed by atoms with E-state index in [1.165, 1.54) is 0 Å². The predicted molar refractivity (Wildman–Crippen MR) is 133 cm³/mol. The van der Waals surface area contributed by atoms with Gasteiger partial charge in [-0.05, 0) is 72.2 Å². The molecule has 0 saturated heterocycles. The van der Waals surface area contributed by atoms with Crippen LogP contribution in [-0.4, -0.2) is 23.8 Å². The Hall–Kier alpha value is -2.55. The van der Waals surface area contributed by atoms with Crippen LogP contribution < -0.4 is 10.2 Å². The maximum Gasteiger partial charge on any atom is 0.307 e. The summed E-state index contributed by atoms with van der Waals surface area (Å²) in [7, 11) is 1.62. The number of benzene rings is 2. The van der Waals surface area contributed by atoms with Crippen molar-refractivity contribution < 1.29 is 13.9 Å². The molecule has 0 aliphatic rings. The first-order valence-electron chi connectivity index (χ1n) is 9.53. The fourth-order valence-corrected chi connectivity index (χ4v) is 5.04. The van der Waals surface area contributed by atoms with E-state index in [0.29, 0.717) is 16.4 Å². The molecule has 0 fully saturated rings. The molecule has 9 heteroatoms. The van der Waals surface area contributed by atoms with Crippen LogP contribution in [0.3, 0.4) is 0 Å². The van der Waals surface area contributed by atoms with Gasteiger partial charge >= 0.3 is 5.91 Å². The van der Waals surface area contributed by atoms with Crippen LogP contribution >= 0.6 is 43.5 Å². The van der Waals surface area contributed by atoms with Gasteiger partial charge in [-0.1, -0.05) is 27.5 Å². The van der Waals surface area contributed by atoms with Gasteiger partial charge < -0.3 is 13.7 Å². The van der Waals surface area contributed by atoms with E-state index in [1.807, 2.05) is 48.7 Å². The number of hydrogen-bond acceptors (Lipinski definition) is 4. The molecular formula is C23H18Br2ClN3O3. The smallest absolute Gasteiger partial charge is 0.307 e. The van der Waals surface area contributed by atoms with Crippen molar-refractivity contribution in [3.8, 4) is 11.4 Å². The highest BCUT2D eigenvalue weighted by molar-refractivity contribution is 9.11. The Kier molecular flexibility index (Phi) is 6.46. The molecule has 32 heavy (non-hydrogen) atoms. The van der Waals surface area contributed by atoms with Gasteiger partial charge in [0.25, 0.3) is 0 Å². The van der Waals surface area contributed by atoms with Gasteiger partial charge in [-0.25, -0.2) is 5.43 Å². The lowest BCUT2D eigenvalue weighted by Gasteiger charge is -2.14. The van der Waals surface area contributed by atoms with Crippen molar-refractivity contribution in [1.29, 1.82) is 0 Å². The van der Waals surface area contributed by atoms with Gasteiger partial charge in [0.15, 0.2) is 5.76 Å². The average molecular weight is 580 g/mol. The van der Waals surface area contributed by atoms with Crippen LogP contribution in [0, 0.1) is 13.8 Å². The summed E-state index contributed by atoms with van der Waals surface area (Å²) in [5.74, 6) is 0.437. The summed E-state index contributed by atoms with van der Waals surface area (Å²) in [6.07, 6.45) is 1.60. The fourth-order valence-electron chi connectivity index (χ4n) is 3.53. The standard InChI is InChI=1S/C23H18Br2ClN3O3/c1-12-6-15(13(2)29(12)19-10-17(26)4-5-20(19)31-3)11-27-28-23(30)21-8-14-7-16(24)9-18(25)22(14)32-21/h4-11H,1-3H3,(H,28,30)/b27-11-. The Labute approximate surface area is 206 Å². The van der Waals surface area contributed by atoms with Crippen molar-refractivity contribution in [2.45, 2.75) is 13.8 Å². The molecule has 0 spiro atoms. The third-order valence-electron chi connectivity index (χ3n) is 4.98. The van der Waals surface area contributed by atoms with Crippen LogP contribution in [0.1, 0.15) is 27.5 Å². The monoisotopic (exact) mass is 577 g/mol. The first kappa shape index (κ1) is 22.6. The quantitative estimate of drug-likeness (QED) is 0.209. The molecule has 2 heterocycles. The summed E-state index contributed by atoms with van der Waals surface area (Å²) >= 11 is 13.1. The number of furan rings is 1. The third-order valence-corrected chi connectivity index (χ3v) is 6.26. The molecule has 0 radical (unpaired) electrons. The van der Waals surface area contributed by atoms with E-state index in [2.05, 4.69) is 42.4 Å². The highest BCUT2D eigenvalue weighted by atomic mass is 79.9. The first-order valence-corrected chi connectivity index (χ1v) is 11.5. The molecule has 0 aliphatic heterocycles. The number of nitrogens with zero attached hydrogens (tertiary/aromatic N) is 2. The number of aryl methyl sites for hydroxylation is 1. The van der Waals surface area contributed by atoms with E-state index in [9.17, 15) is 4.79 Å². The topological polar surface area (TPSA) is 68.8 Å². The van der Waals surface area contributed by atoms with Crippen LogP contribution in [0.2, 0.25) is 5.02 Å². The second-order valence-corrected chi connectivity index (χ2v) is 9.30. The zero-order valence-corrected chi connectivity index (χ0v) is 21.3. The lowest BCUT2D eigenvalue weighted by atomic mass is 10.2. The molecule has 4 aromatic rings. The number of methoxy groups -OCH3 is 1. The average Bonchev–Trinajstić information content (AvgIpc) is 3.29. The molecule has 164 valence electrons. The number of rotatable bonds is 5. The minimum absolute atomic E-state index is 0.171. The molecule has 6 nitrogen and oxygen atoms in total. The van der Waals surface area contributed by atoms with Crippen molar-refractivity contribution in [3.63, 3.8) is 0 Å². The summed E-state index contributed by atoms with van der Waals surface area (Å²) in [6, 6.07) is 12.8. The molecular weight excluding hydrogens is 562 g/mol. The molecule has 0 bridgehead atoms. The number of carbonyl (C=O) groups excluding carboxylic acids is 1. The van der Waals surface area contributed by atoms with Gasteiger partial charge in [0, 0.05) is 31.8 Å². The SMILES string of the molecule is COc1ccc(Cl)cc1-n1c(C)cc(/C=N\NC(=O)c2cc3cc(Br)cc(Br)c3o2)c1C. The molecule has 0 unspecified atom stereocenters. The van der Waals surface area contributed by atoms with Gasteiger partial charge in [-0.3, -0.25) is 4.79 Å². The largest absolute Gasteiger partial charge is 0.495 e. The van der Waals surface area contributed by atoms with Crippen LogP contribution in [0.4, 0.5) is 0 Å². The van der Waals surface area contributed by atoms with Gasteiger partial charge in [0.2, 0.25) is 0 Å². The highest BCUT2D eigenvalue weighted by Gasteiger charge is 2.16. The summed E-state index contributed by atoms with van der Waals surface area (Å²) in [5, 5.41) is 5.54. The number of hydrogen-bond donors (Lipinski definition) is 1. The normalized spacial score (nSPS) is 11.4. The Balaban J connectivity index is 1.57. The number of carbonyl (C=O) groups is 1. The summed E-state index contributed by atoms with van der Waals surface area (Å²) in [4.78, 5) is 12.5. The van der Waals surface area contributed by atoms with E-state index < -0.39 is 5.91 Å². The molecule has 1 amide bonds. The van der Waals surface area contributed by atoms with Crippen molar-refractivity contribution >= 4 is 66.6 Å². The highest BCUT2D eigenvalue weighted by Crippen LogP contribution is 2.32. The van der Waals surface area contributed by atoms with Gasteiger partial charge in [0.1, 0.15) is 11.3 Å². The van der Waals surface area contributed by atoms with E-state index in [1.54, 1.807) is 25.5 Å². The lowest BCUT2D eigenvalue weighted by Crippen LogP contribution is -2.16. The third kappa shape index (κ3) is 4.35. The maximum absolute atomic E-state index is 12.5. The van der Waals surface area contributed by atoms with Gasteiger partial charge in [0.05, 0.1) is 23.5 Å². The van der Waals surface area contributed by atoms with Crippen molar-refractivity contribution in [3.05, 3.63) is 79.1 Å². The van der Waals surface area contributed by atoms with Crippen molar-refractivity contribution in [2.24, 2.45) is 5.10 Å². The molecule has 2 aromatic heterocycles. The number of halogens is 3. The minimum Gasteiger partial charge on any atom is -0.495 e. The summed E-state index contributed by atoms with van der Waals surface area (Å²) in [6.45, 7) is 3.94. The zero-order chi connectivity index (χ0) is 23.0. The summed E-state index contributed by atoms with van der Waals surface area (Å²) < 4.78 is 14.8. The van der Waals surface area contributed by atoms with E-state index in [4.69, 9.17) is 20.8 Å². The molecule has 0 saturated carbocycles. The number of nitrogens with one attached hydrogen (secondary N) is 1. The molecule has 1 N–H and O–H groups in total. The second-order valence-electron chi connectivity index (χ2n) is 7.09. The zero-order valence-electron chi connectivity index (χ0n) is 17.4. The van der Waals surface area contributed by atoms with Gasteiger partial charge in [-0.2, -0.15) is 5.10 Å². The van der Waals surface area contributed by atoms with E-state index in [0.717, 1.165) is 37.0 Å². The van der Waals surface area contributed by atoms with Crippen LogP contribution in [0.25, 0.3) is 16.7 Å². The Bertz CT molecular complexity index is 1370. The van der Waals surface area contributed by atoms with Crippen LogP contribution in [0.5, 0.6) is 5.75 Å². The van der Waals surface area contributed by atoms with Crippen molar-refractivity contribution in [1.82, 2.24) is 9.99 Å². The molecule has 0 aliphatic carbocycles. The van der Waals surface area contributed by atoms with Gasteiger partial charge in [-0.15, -0.1) is 0 Å². The first-order chi connectivity index (χ1) is 15.3. The number of fused-ring (bicyclic) bond motifs is 1. The number of hydrazone groups is 1. The molecule has 2 aromatic carbocycles. The van der Waals surface area contributed by atoms with E-state index >= 15 is 0 Å². The lowest BCUT2D eigenvalue weighted by molar-refractivity contribution is 0.0929. The van der Waals surface area contributed by atoms with E-state index in [-0.39, 0.29) is 5.76 Å². The molecule has 0 atom stereocenters.